The van der Waals surface area contributed by atoms with Crippen LogP contribution in [0.1, 0.15) is 23.6 Å². The molecule has 0 atom stereocenters. The van der Waals surface area contributed by atoms with Crippen molar-refractivity contribution >= 4 is 28.8 Å². The predicted molar refractivity (Wildman–Crippen MR) is 130 cm³/mol. The molecule has 3 aromatic carbocycles. The number of hydrogen-bond donors (Lipinski definition) is 1. The summed E-state index contributed by atoms with van der Waals surface area (Å²) >= 11 is 0. The second kappa shape index (κ2) is 9.20. The van der Waals surface area contributed by atoms with E-state index >= 15 is 0 Å². The first-order chi connectivity index (χ1) is 15.9. The van der Waals surface area contributed by atoms with E-state index in [1.54, 1.807) is 18.2 Å². The van der Waals surface area contributed by atoms with Gasteiger partial charge in [0.15, 0.2) is 0 Å². The van der Waals surface area contributed by atoms with Gasteiger partial charge >= 0.3 is 0 Å². The van der Waals surface area contributed by atoms with Crippen molar-refractivity contribution in [1.82, 2.24) is 0 Å². The maximum absolute atomic E-state index is 13.6. The molecule has 168 valence electrons. The summed E-state index contributed by atoms with van der Waals surface area (Å²) in [5, 5.41) is 3.20. The lowest BCUT2D eigenvalue weighted by atomic mass is 10.0. The van der Waals surface area contributed by atoms with E-state index < -0.39 is 11.8 Å². The average Bonchev–Trinajstić information content (AvgIpc) is 3.08. The van der Waals surface area contributed by atoms with Crippen molar-refractivity contribution in [3.63, 3.8) is 0 Å². The fourth-order valence-electron chi connectivity index (χ4n) is 3.76. The highest BCUT2D eigenvalue weighted by Gasteiger charge is 2.40. The number of aryl methyl sites for hydroxylation is 2. The molecule has 4 rings (SSSR count). The Kier molecular flexibility index (Phi) is 6.18. The van der Waals surface area contributed by atoms with E-state index in [-0.39, 0.29) is 5.70 Å². The summed E-state index contributed by atoms with van der Waals surface area (Å²) in [7, 11) is 3.05. The smallest absolute Gasteiger partial charge is 0.282 e. The van der Waals surface area contributed by atoms with Crippen LogP contribution in [0.4, 0.5) is 11.4 Å². The molecule has 2 amide bonds. The van der Waals surface area contributed by atoms with Crippen molar-refractivity contribution in [2.24, 2.45) is 0 Å². The number of ether oxygens (including phenoxy) is 2. The van der Waals surface area contributed by atoms with E-state index in [0.717, 1.165) is 22.6 Å². The fourth-order valence-corrected chi connectivity index (χ4v) is 3.76. The standard InChI is InChI=1S/C27H26N2O4/c1-5-18-8-12-20(13-9-18)28-25-24(19-10-6-17(2)7-11-19)26(30)29(27(25)31)21-14-22(32-3)16-23(15-21)33-4/h6-16,28H,5H2,1-4H3. The monoisotopic (exact) mass is 442 g/mol. The average molecular weight is 443 g/mol. The second-order valence-electron chi connectivity index (χ2n) is 7.81. The fraction of sp³-hybridized carbons (Fsp3) is 0.185. The maximum Gasteiger partial charge on any atom is 0.282 e. The Bertz CT molecular complexity index is 1210. The van der Waals surface area contributed by atoms with Crippen LogP contribution in [0, 0.1) is 6.92 Å². The molecule has 1 heterocycles. The molecule has 6 heteroatoms. The molecule has 0 radical (unpaired) electrons. The second-order valence-corrected chi connectivity index (χ2v) is 7.81. The largest absolute Gasteiger partial charge is 0.497 e. The minimum atomic E-state index is -0.439. The topological polar surface area (TPSA) is 67.9 Å². The van der Waals surface area contributed by atoms with E-state index in [2.05, 4.69) is 12.2 Å². The number of nitrogens with zero attached hydrogens (tertiary/aromatic N) is 1. The van der Waals surface area contributed by atoms with E-state index in [4.69, 9.17) is 9.47 Å². The zero-order chi connectivity index (χ0) is 23.5. The molecular formula is C27H26N2O4. The van der Waals surface area contributed by atoms with Crippen LogP contribution in [0.15, 0.2) is 72.4 Å². The molecule has 1 aliphatic rings. The Labute approximate surface area is 193 Å². The van der Waals surface area contributed by atoms with E-state index in [1.807, 2.05) is 55.5 Å². The number of benzene rings is 3. The molecule has 1 aliphatic heterocycles. The van der Waals surface area contributed by atoms with Crippen LogP contribution in [0.3, 0.4) is 0 Å². The number of carbonyl (C=O) groups excluding carboxylic acids is 2. The zero-order valence-corrected chi connectivity index (χ0v) is 19.1. The van der Waals surface area contributed by atoms with Gasteiger partial charge in [0.1, 0.15) is 17.2 Å². The third-order valence-electron chi connectivity index (χ3n) is 5.65. The minimum absolute atomic E-state index is 0.231. The summed E-state index contributed by atoms with van der Waals surface area (Å²) in [6.07, 6.45) is 0.917. The van der Waals surface area contributed by atoms with Gasteiger partial charge in [0.25, 0.3) is 11.8 Å². The normalized spacial score (nSPS) is 13.5. The number of methoxy groups -OCH3 is 2. The van der Waals surface area contributed by atoms with Gasteiger partial charge < -0.3 is 14.8 Å². The van der Waals surface area contributed by atoms with Gasteiger partial charge in [0.2, 0.25) is 0 Å². The van der Waals surface area contributed by atoms with Crippen molar-refractivity contribution < 1.29 is 19.1 Å². The third kappa shape index (κ3) is 4.32. The van der Waals surface area contributed by atoms with Crippen LogP contribution < -0.4 is 19.7 Å². The molecule has 0 fully saturated rings. The Morgan fingerprint density at radius 2 is 1.42 bits per heavy atom. The van der Waals surface area contributed by atoms with Gasteiger partial charge in [0, 0.05) is 23.9 Å². The Morgan fingerprint density at radius 1 is 0.818 bits per heavy atom. The Hall–Kier alpha value is -4.06. The van der Waals surface area contributed by atoms with Crippen LogP contribution in [0.5, 0.6) is 11.5 Å². The van der Waals surface area contributed by atoms with Gasteiger partial charge in [-0.1, -0.05) is 48.9 Å². The van der Waals surface area contributed by atoms with Crippen molar-refractivity contribution in [2.75, 3.05) is 24.4 Å². The molecular weight excluding hydrogens is 416 g/mol. The summed E-state index contributed by atoms with van der Waals surface area (Å²) in [5.74, 6) is 0.120. The van der Waals surface area contributed by atoms with Crippen LogP contribution >= 0.6 is 0 Å². The molecule has 3 aromatic rings. The summed E-state index contributed by atoms with van der Waals surface area (Å²) in [6.45, 7) is 4.06. The molecule has 0 saturated carbocycles. The maximum atomic E-state index is 13.6. The van der Waals surface area contributed by atoms with Crippen molar-refractivity contribution in [1.29, 1.82) is 0 Å². The van der Waals surface area contributed by atoms with Crippen LogP contribution in [-0.2, 0) is 16.0 Å². The van der Waals surface area contributed by atoms with Crippen LogP contribution in [0.25, 0.3) is 5.57 Å². The highest BCUT2D eigenvalue weighted by molar-refractivity contribution is 6.46. The number of amides is 2. The van der Waals surface area contributed by atoms with Gasteiger partial charge in [-0.25, -0.2) is 4.90 Å². The van der Waals surface area contributed by atoms with Crippen LogP contribution in [-0.4, -0.2) is 26.0 Å². The molecule has 0 unspecified atom stereocenters. The van der Waals surface area contributed by atoms with Gasteiger partial charge in [-0.2, -0.15) is 0 Å². The first-order valence-electron chi connectivity index (χ1n) is 10.7. The summed E-state index contributed by atoms with van der Waals surface area (Å²) in [4.78, 5) is 28.4. The molecule has 0 aliphatic carbocycles. The summed E-state index contributed by atoms with van der Waals surface area (Å²) in [6, 6.07) is 20.4. The number of hydrogen-bond acceptors (Lipinski definition) is 5. The lowest BCUT2D eigenvalue weighted by Gasteiger charge is -2.17. The lowest BCUT2D eigenvalue weighted by Crippen LogP contribution is -2.32. The molecule has 1 N–H and O–H groups in total. The van der Waals surface area contributed by atoms with Gasteiger partial charge in [-0.05, 0) is 36.6 Å². The Morgan fingerprint density at radius 3 is 1.97 bits per heavy atom. The van der Waals surface area contributed by atoms with Crippen LogP contribution in [0.2, 0.25) is 0 Å². The SMILES string of the molecule is CCc1ccc(NC2=C(c3ccc(C)cc3)C(=O)N(c3cc(OC)cc(OC)c3)C2=O)cc1. The predicted octanol–water partition coefficient (Wildman–Crippen LogP) is 4.97. The van der Waals surface area contributed by atoms with E-state index in [9.17, 15) is 9.59 Å². The quantitative estimate of drug-likeness (QED) is 0.523. The zero-order valence-electron chi connectivity index (χ0n) is 19.1. The molecule has 0 saturated heterocycles. The van der Waals surface area contributed by atoms with Crippen molar-refractivity contribution in [2.45, 2.75) is 20.3 Å². The van der Waals surface area contributed by atoms with E-state index in [1.165, 1.54) is 19.8 Å². The summed E-state index contributed by atoms with van der Waals surface area (Å²) < 4.78 is 10.7. The summed E-state index contributed by atoms with van der Waals surface area (Å²) in [5.41, 5.74) is 4.59. The number of nitrogens with one attached hydrogen (secondary N) is 1. The first-order valence-corrected chi connectivity index (χ1v) is 10.7. The third-order valence-corrected chi connectivity index (χ3v) is 5.65. The highest BCUT2D eigenvalue weighted by atomic mass is 16.5. The minimum Gasteiger partial charge on any atom is -0.497 e. The van der Waals surface area contributed by atoms with Gasteiger partial charge in [0.05, 0.1) is 25.5 Å². The number of carbonyl (C=O) groups is 2. The van der Waals surface area contributed by atoms with Gasteiger partial charge in [-0.3, -0.25) is 9.59 Å². The number of anilines is 2. The molecule has 0 spiro atoms. The van der Waals surface area contributed by atoms with Crippen molar-refractivity contribution in [3.05, 3.63) is 89.1 Å². The van der Waals surface area contributed by atoms with Gasteiger partial charge in [-0.15, -0.1) is 0 Å². The lowest BCUT2D eigenvalue weighted by molar-refractivity contribution is -0.120. The first kappa shape index (κ1) is 22.1. The molecule has 6 nitrogen and oxygen atoms in total. The number of rotatable bonds is 7. The molecule has 0 bridgehead atoms. The molecule has 33 heavy (non-hydrogen) atoms. The highest BCUT2D eigenvalue weighted by Crippen LogP contribution is 2.37. The number of imide groups is 1. The van der Waals surface area contributed by atoms with Crippen molar-refractivity contribution in [3.8, 4) is 11.5 Å². The van der Waals surface area contributed by atoms with E-state index in [0.29, 0.717) is 28.3 Å². The Balaban J connectivity index is 1.81. The molecule has 0 aromatic heterocycles.